The van der Waals surface area contributed by atoms with E-state index in [1.807, 2.05) is 0 Å². The topological polar surface area (TPSA) is 25.2 Å². The van der Waals surface area contributed by atoms with E-state index in [1.54, 1.807) is 0 Å². The van der Waals surface area contributed by atoms with Crippen molar-refractivity contribution in [3.05, 3.63) is 246 Å². The van der Waals surface area contributed by atoms with Gasteiger partial charge in [0.05, 0.1) is 17.3 Å². The van der Waals surface area contributed by atoms with E-state index >= 15 is 0 Å². The number of hydrogen-bond acceptors (Lipinski definition) is 2. The lowest BCUT2D eigenvalue weighted by Gasteiger charge is -2.29. The van der Waals surface area contributed by atoms with E-state index in [1.165, 1.54) is 38.6 Å². The second-order valence-electron chi connectivity index (χ2n) is 15.1. The van der Waals surface area contributed by atoms with E-state index in [9.17, 15) is 0 Å². The fourth-order valence-electron chi connectivity index (χ4n) is 8.78. The molecule has 2 heteroatoms. The quantitative estimate of drug-likeness (QED) is 0.183. The molecule has 2 atom stereocenters. The van der Waals surface area contributed by atoms with E-state index in [-0.39, 0.29) is 6.04 Å². The van der Waals surface area contributed by atoms with Crippen molar-refractivity contribution in [2.24, 2.45) is 0 Å². The summed E-state index contributed by atoms with van der Waals surface area (Å²) < 4.78 is 0. The molecule has 1 fully saturated rings. The maximum Gasteiger partial charge on any atom is 0.0893 e. The van der Waals surface area contributed by atoms with Gasteiger partial charge < -0.3 is 4.90 Å². The normalized spacial score (nSPS) is 24.1. The van der Waals surface area contributed by atoms with Crippen molar-refractivity contribution in [1.29, 1.82) is 0 Å². The highest BCUT2D eigenvalue weighted by Crippen LogP contribution is 2.53. The van der Waals surface area contributed by atoms with Gasteiger partial charge in [0.1, 0.15) is 0 Å². The van der Waals surface area contributed by atoms with Crippen LogP contribution in [0.3, 0.4) is 0 Å². The van der Waals surface area contributed by atoms with E-state index in [0.717, 1.165) is 64.0 Å². The fourth-order valence-corrected chi connectivity index (χ4v) is 8.78. The number of anilines is 2. The summed E-state index contributed by atoms with van der Waals surface area (Å²) in [4.78, 5) is 2.32. The van der Waals surface area contributed by atoms with Gasteiger partial charge in [0.25, 0.3) is 0 Å². The Bertz CT molecular complexity index is 2600. The zero-order chi connectivity index (χ0) is 38.1. The second kappa shape index (κ2) is 15.0. The molecule has 2 unspecified atom stereocenters. The molecule has 2 heterocycles. The highest BCUT2D eigenvalue weighted by Gasteiger charge is 2.59. The summed E-state index contributed by atoms with van der Waals surface area (Å²) in [7, 11) is 0. The van der Waals surface area contributed by atoms with Crippen LogP contribution in [-0.2, 0) is 5.54 Å². The van der Waals surface area contributed by atoms with Crippen LogP contribution in [0.15, 0.2) is 218 Å². The Balaban J connectivity index is 1.15. The molecular formula is C54H46N2. The minimum absolute atomic E-state index is 0.142. The largest absolute Gasteiger partial charge is 0.317 e. The molecular weight excluding hydrogens is 677 g/mol. The van der Waals surface area contributed by atoms with Crippen LogP contribution in [0.2, 0.25) is 0 Å². The van der Waals surface area contributed by atoms with Crippen molar-refractivity contribution < 1.29 is 0 Å². The molecule has 1 N–H and O–H groups in total. The molecule has 0 aromatic heterocycles. The molecule has 5 aromatic carbocycles. The molecule has 272 valence electrons. The minimum atomic E-state index is -0.429. The van der Waals surface area contributed by atoms with Crippen molar-refractivity contribution in [2.45, 2.75) is 37.3 Å². The Kier molecular flexibility index (Phi) is 9.43. The van der Waals surface area contributed by atoms with Crippen molar-refractivity contribution in [2.75, 3.05) is 4.90 Å². The van der Waals surface area contributed by atoms with Crippen molar-refractivity contribution >= 4 is 39.4 Å². The molecule has 56 heavy (non-hydrogen) atoms. The predicted octanol–water partition coefficient (Wildman–Crippen LogP) is 13.5. The Hall–Kier alpha value is -6.48. The summed E-state index contributed by atoms with van der Waals surface area (Å²) in [6.07, 6.45) is 27.8. The molecule has 0 bridgehead atoms. The Morgan fingerprint density at radius 1 is 0.679 bits per heavy atom. The number of hydrogen-bond donors (Lipinski definition) is 1. The highest BCUT2D eigenvalue weighted by molar-refractivity contribution is 6.05. The summed E-state index contributed by atoms with van der Waals surface area (Å²) in [5.41, 5.74) is 14.9. The van der Waals surface area contributed by atoms with Gasteiger partial charge in [0, 0.05) is 17.5 Å². The minimum Gasteiger partial charge on any atom is -0.317 e. The third-order valence-electron chi connectivity index (χ3n) is 11.7. The number of benzene rings is 5. The number of nitrogens with one attached hydrogen (secondary N) is 1. The summed E-state index contributed by atoms with van der Waals surface area (Å²) in [6.45, 7) is 13.8. The standard InChI is InChI=1S/C54H46N2/c1-38-17-9-6-4-5-7-12-24-50(39(2)37-38)54(53(55-54)45-27-25-42(26-28-45)41-18-10-8-11-19-41)46-30-32-47(33-31-46)56-36-35-44-21-13-15-22-48(44)40(3)52-49-23-16-14-20-43(49)29-34-51(52)56/h4,6-25,27,29-36,53,55H,1-3,5,26,28,37H2/b6-4-,12-7-,17-9-,36-35-,50-24+. The van der Waals surface area contributed by atoms with Gasteiger partial charge in [0.15, 0.2) is 0 Å². The van der Waals surface area contributed by atoms with Crippen LogP contribution in [-0.4, -0.2) is 6.04 Å². The first-order chi connectivity index (χ1) is 27.5. The molecule has 0 amide bonds. The van der Waals surface area contributed by atoms with Gasteiger partial charge in [-0.25, -0.2) is 0 Å². The van der Waals surface area contributed by atoms with Crippen LogP contribution in [0.5, 0.6) is 0 Å². The van der Waals surface area contributed by atoms with Gasteiger partial charge in [-0.3, -0.25) is 5.32 Å². The Morgan fingerprint density at radius 2 is 1.46 bits per heavy atom. The first-order valence-corrected chi connectivity index (χ1v) is 19.7. The maximum atomic E-state index is 4.71. The molecule has 9 rings (SSSR count). The molecule has 2 aliphatic heterocycles. The average Bonchev–Trinajstić information content (AvgIpc) is 3.98. The van der Waals surface area contributed by atoms with E-state index in [0.29, 0.717) is 6.42 Å². The lowest BCUT2D eigenvalue weighted by Crippen LogP contribution is -2.21. The van der Waals surface area contributed by atoms with E-state index < -0.39 is 5.54 Å². The molecule has 4 aliphatic rings. The van der Waals surface area contributed by atoms with Gasteiger partial charge in [-0.2, -0.15) is 0 Å². The van der Waals surface area contributed by atoms with Crippen LogP contribution in [0.1, 0.15) is 53.5 Å². The molecule has 0 spiro atoms. The molecule has 0 radical (unpaired) electrons. The van der Waals surface area contributed by atoms with Crippen LogP contribution >= 0.6 is 0 Å². The summed E-state index contributed by atoms with van der Waals surface area (Å²) in [5, 5.41) is 6.46. The number of rotatable bonds is 5. The van der Waals surface area contributed by atoms with Crippen molar-refractivity contribution in [3.8, 4) is 0 Å². The Morgan fingerprint density at radius 3 is 2.30 bits per heavy atom. The average molecular weight is 723 g/mol. The molecule has 5 aromatic rings. The Labute approximate surface area is 331 Å². The van der Waals surface area contributed by atoms with Crippen LogP contribution in [0.4, 0.5) is 11.4 Å². The van der Waals surface area contributed by atoms with Gasteiger partial charge >= 0.3 is 0 Å². The van der Waals surface area contributed by atoms with Gasteiger partial charge in [-0.15, -0.1) is 0 Å². The number of allylic oxidation sites excluding steroid dienone is 11. The first-order valence-electron chi connectivity index (χ1n) is 19.7. The van der Waals surface area contributed by atoms with E-state index in [4.69, 9.17) is 13.2 Å². The molecule has 0 saturated carbocycles. The smallest absolute Gasteiger partial charge is 0.0893 e. The van der Waals surface area contributed by atoms with Crippen LogP contribution in [0, 0.1) is 0 Å². The molecule has 1 saturated heterocycles. The first kappa shape index (κ1) is 35.2. The zero-order valence-electron chi connectivity index (χ0n) is 31.8. The third kappa shape index (κ3) is 6.53. The maximum absolute atomic E-state index is 4.71. The summed E-state index contributed by atoms with van der Waals surface area (Å²) >= 11 is 0. The molecule has 2 aliphatic carbocycles. The van der Waals surface area contributed by atoms with Crippen molar-refractivity contribution in [1.82, 2.24) is 5.32 Å². The molecule has 2 nitrogen and oxygen atoms in total. The van der Waals surface area contributed by atoms with Crippen molar-refractivity contribution in [3.63, 3.8) is 0 Å². The van der Waals surface area contributed by atoms with Crippen LogP contribution in [0.25, 0.3) is 28.0 Å². The zero-order valence-corrected chi connectivity index (χ0v) is 31.8. The second-order valence-corrected chi connectivity index (χ2v) is 15.1. The SMILES string of the molecule is C=C1/C=C\C=C/C/C=C\C=C(\C2(c3ccc(N4/C=C\c5ccccc5C(=C)c5c4ccc4ccccc54)cc3)NC2C2=CC=C(c3ccccc3)CC2)C(=C)C1. The number of nitrogens with zero attached hydrogens (tertiary/aromatic N) is 1. The van der Waals surface area contributed by atoms with Gasteiger partial charge in [0.2, 0.25) is 0 Å². The summed E-state index contributed by atoms with van der Waals surface area (Å²) in [6, 6.07) is 41.7. The van der Waals surface area contributed by atoms with E-state index in [2.05, 4.69) is 199 Å². The van der Waals surface area contributed by atoms with Gasteiger partial charge in [-0.05, 0) is 105 Å². The highest BCUT2D eigenvalue weighted by atomic mass is 15.2. The van der Waals surface area contributed by atoms with Gasteiger partial charge in [-0.1, -0.05) is 183 Å². The number of fused-ring (bicyclic) bond motifs is 4. The monoisotopic (exact) mass is 722 g/mol. The van der Waals surface area contributed by atoms with Crippen LogP contribution < -0.4 is 10.2 Å². The lowest BCUT2D eigenvalue weighted by molar-refractivity contribution is 0.762. The lowest BCUT2D eigenvalue weighted by atomic mass is 9.78. The summed E-state index contributed by atoms with van der Waals surface area (Å²) in [5.74, 6) is 0. The third-order valence-corrected chi connectivity index (χ3v) is 11.7. The fraction of sp³-hybridized carbons (Fsp3) is 0.111. The predicted molar refractivity (Wildman–Crippen MR) is 239 cm³/mol.